The van der Waals surface area contributed by atoms with Crippen molar-refractivity contribution in [1.29, 1.82) is 0 Å². The molecule has 0 saturated heterocycles. The van der Waals surface area contributed by atoms with Gasteiger partial charge in [0.1, 0.15) is 11.9 Å². The summed E-state index contributed by atoms with van der Waals surface area (Å²) in [5.74, 6) is 0.422. The number of carbonyl (C=O) groups is 2. The molecule has 1 fully saturated rings. The molecule has 0 bridgehead atoms. The van der Waals surface area contributed by atoms with Crippen LogP contribution in [-0.4, -0.2) is 34.6 Å². The van der Waals surface area contributed by atoms with Gasteiger partial charge >= 0.3 is 0 Å². The SMILES string of the molecule is C[C@@H](C(=O)NC1CCCCC1)N(Cc1cccc(Br)c1)C(=O)CSCc1ccc(F)cc1. The quantitative estimate of drug-likeness (QED) is 0.462. The average molecular weight is 521 g/mol. The number of nitrogens with zero attached hydrogens (tertiary/aromatic N) is 1. The molecule has 172 valence electrons. The molecule has 2 amide bonds. The van der Waals surface area contributed by atoms with Crippen LogP contribution >= 0.6 is 27.7 Å². The van der Waals surface area contributed by atoms with Gasteiger partial charge in [-0.15, -0.1) is 11.8 Å². The molecule has 32 heavy (non-hydrogen) atoms. The van der Waals surface area contributed by atoms with Gasteiger partial charge in [-0.3, -0.25) is 9.59 Å². The van der Waals surface area contributed by atoms with Gasteiger partial charge in [0, 0.05) is 22.8 Å². The summed E-state index contributed by atoms with van der Waals surface area (Å²) in [6, 6.07) is 13.7. The predicted octanol–water partition coefficient (Wildman–Crippen LogP) is 5.69. The molecule has 7 heteroatoms. The fourth-order valence-electron chi connectivity index (χ4n) is 3.90. The summed E-state index contributed by atoms with van der Waals surface area (Å²) in [7, 11) is 0. The first-order valence-electron chi connectivity index (χ1n) is 11.1. The van der Waals surface area contributed by atoms with Gasteiger partial charge < -0.3 is 10.2 Å². The minimum absolute atomic E-state index is 0.0802. The zero-order chi connectivity index (χ0) is 22.9. The number of rotatable bonds is 9. The maximum Gasteiger partial charge on any atom is 0.242 e. The van der Waals surface area contributed by atoms with E-state index in [0.29, 0.717) is 12.3 Å². The van der Waals surface area contributed by atoms with Crippen molar-refractivity contribution in [1.82, 2.24) is 10.2 Å². The minimum atomic E-state index is -0.560. The third-order valence-corrected chi connectivity index (χ3v) is 7.25. The van der Waals surface area contributed by atoms with E-state index in [1.165, 1.54) is 30.3 Å². The Morgan fingerprint density at radius 1 is 1.12 bits per heavy atom. The van der Waals surface area contributed by atoms with Crippen LogP contribution in [0.4, 0.5) is 4.39 Å². The molecule has 0 aromatic heterocycles. The van der Waals surface area contributed by atoms with E-state index in [-0.39, 0.29) is 29.4 Å². The van der Waals surface area contributed by atoms with Crippen molar-refractivity contribution < 1.29 is 14.0 Å². The summed E-state index contributed by atoms with van der Waals surface area (Å²) in [6.45, 7) is 2.17. The topological polar surface area (TPSA) is 49.4 Å². The predicted molar refractivity (Wildman–Crippen MR) is 132 cm³/mol. The highest BCUT2D eigenvalue weighted by molar-refractivity contribution is 9.10. The molecule has 0 heterocycles. The van der Waals surface area contributed by atoms with Crippen LogP contribution in [0, 0.1) is 5.82 Å². The summed E-state index contributed by atoms with van der Waals surface area (Å²) in [5.41, 5.74) is 1.93. The van der Waals surface area contributed by atoms with Crippen LogP contribution in [0.25, 0.3) is 0 Å². The van der Waals surface area contributed by atoms with Crippen molar-refractivity contribution in [3.63, 3.8) is 0 Å². The zero-order valence-electron chi connectivity index (χ0n) is 18.4. The number of nitrogens with one attached hydrogen (secondary N) is 1. The summed E-state index contributed by atoms with van der Waals surface area (Å²) in [6.07, 6.45) is 5.51. The molecule has 1 aliphatic rings. The normalized spacial score (nSPS) is 15.2. The molecule has 0 aliphatic heterocycles. The van der Waals surface area contributed by atoms with E-state index in [0.717, 1.165) is 41.3 Å². The van der Waals surface area contributed by atoms with Crippen molar-refractivity contribution >= 4 is 39.5 Å². The lowest BCUT2D eigenvalue weighted by Crippen LogP contribution is -2.50. The van der Waals surface area contributed by atoms with E-state index >= 15 is 0 Å². The molecular weight excluding hydrogens is 491 g/mol. The number of halogens is 2. The second-order valence-electron chi connectivity index (χ2n) is 8.29. The van der Waals surface area contributed by atoms with E-state index in [1.54, 1.807) is 24.0 Å². The van der Waals surface area contributed by atoms with Gasteiger partial charge in [-0.2, -0.15) is 0 Å². The number of amides is 2. The fourth-order valence-corrected chi connectivity index (χ4v) is 5.22. The van der Waals surface area contributed by atoms with E-state index in [2.05, 4.69) is 21.2 Å². The lowest BCUT2D eigenvalue weighted by Gasteiger charge is -2.31. The van der Waals surface area contributed by atoms with Gasteiger partial charge in [0.05, 0.1) is 5.75 Å². The Balaban J connectivity index is 1.64. The van der Waals surface area contributed by atoms with Crippen molar-refractivity contribution in [3.8, 4) is 0 Å². The summed E-state index contributed by atoms with van der Waals surface area (Å²) in [4.78, 5) is 27.8. The molecule has 1 aliphatic carbocycles. The fraction of sp³-hybridized carbons (Fsp3) is 0.440. The Kier molecular flexibility index (Phi) is 9.60. The Labute approximate surface area is 202 Å². The third kappa shape index (κ3) is 7.62. The van der Waals surface area contributed by atoms with Crippen LogP contribution < -0.4 is 5.32 Å². The molecule has 0 unspecified atom stereocenters. The van der Waals surface area contributed by atoms with Gasteiger partial charge in [0.25, 0.3) is 0 Å². The Bertz CT molecular complexity index is 903. The second kappa shape index (κ2) is 12.4. The van der Waals surface area contributed by atoms with Crippen molar-refractivity contribution in [2.75, 3.05) is 5.75 Å². The smallest absolute Gasteiger partial charge is 0.242 e. The van der Waals surface area contributed by atoms with E-state index in [1.807, 2.05) is 24.3 Å². The molecule has 2 aromatic rings. The third-order valence-electron chi connectivity index (χ3n) is 5.77. The van der Waals surface area contributed by atoms with Crippen molar-refractivity contribution in [2.45, 2.75) is 63.4 Å². The number of carbonyl (C=O) groups excluding carboxylic acids is 2. The standard InChI is InChI=1S/C25H30BrFN2O2S/c1-18(25(31)28-23-8-3-2-4-9-23)29(15-20-6-5-7-21(26)14-20)24(30)17-32-16-19-10-12-22(27)13-11-19/h5-7,10-14,18,23H,2-4,8-9,15-17H2,1H3,(H,28,31)/t18-/m0/s1. The van der Waals surface area contributed by atoms with Gasteiger partial charge in [-0.05, 0) is 55.2 Å². The number of thioether (sulfide) groups is 1. The summed E-state index contributed by atoms with van der Waals surface area (Å²) >= 11 is 4.95. The first kappa shape index (κ1) is 24.8. The van der Waals surface area contributed by atoms with Crippen LogP contribution in [0.15, 0.2) is 53.0 Å². The Morgan fingerprint density at radius 3 is 2.53 bits per heavy atom. The van der Waals surface area contributed by atoms with E-state index in [9.17, 15) is 14.0 Å². The lowest BCUT2D eigenvalue weighted by atomic mass is 9.95. The molecule has 1 atom stereocenters. The Morgan fingerprint density at radius 2 is 1.84 bits per heavy atom. The molecule has 3 rings (SSSR count). The highest BCUT2D eigenvalue weighted by Gasteiger charge is 2.28. The molecular formula is C25H30BrFN2O2S. The minimum Gasteiger partial charge on any atom is -0.352 e. The highest BCUT2D eigenvalue weighted by Crippen LogP contribution is 2.20. The van der Waals surface area contributed by atoms with Gasteiger partial charge in [0.15, 0.2) is 0 Å². The van der Waals surface area contributed by atoms with Gasteiger partial charge in [-0.25, -0.2) is 4.39 Å². The first-order chi connectivity index (χ1) is 15.4. The number of hydrogen-bond donors (Lipinski definition) is 1. The number of hydrogen-bond acceptors (Lipinski definition) is 3. The summed E-state index contributed by atoms with van der Waals surface area (Å²) in [5, 5.41) is 3.15. The van der Waals surface area contributed by atoms with Crippen LogP contribution in [-0.2, 0) is 21.9 Å². The van der Waals surface area contributed by atoms with E-state index in [4.69, 9.17) is 0 Å². The van der Waals surface area contributed by atoms with Crippen molar-refractivity contribution in [2.24, 2.45) is 0 Å². The molecule has 4 nitrogen and oxygen atoms in total. The zero-order valence-corrected chi connectivity index (χ0v) is 20.8. The molecule has 0 spiro atoms. The lowest BCUT2D eigenvalue weighted by molar-refractivity contribution is -0.139. The maximum atomic E-state index is 13.2. The molecule has 1 N–H and O–H groups in total. The van der Waals surface area contributed by atoms with Gasteiger partial charge in [-0.1, -0.05) is 59.5 Å². The molecule has 1 saturated carbocycles. The monoisotopic (exact) mass is 520 g/mol. The van der Waals surface area contributed by atoms with Crippen LogP contribution in [0.1, 0.15) is 50.2 Å². The van der Waals surface area contributed by atoms with Crippen molar-refractivity contribution in [3.05, 3.63) is 69.9 Å². The highest BCUT2D eigenvalue weighted by atomic mass is 79.9. The first-order valence-corrected chi connectivity index (χ1v) is 13.0. The maximum absolute atomic E-state index is 13.2. The van der Waals surface area contributed by atoms with Gasteiger partial charge in [0.2, 0.25) is 11.8 Å². The molecule has 2 aromatic carbocycles. The largest absolute Gasteiger partial charge is 0.352 e. The Hall–Kier alpha value is -1.86. The van der Waals surface area contributed by atoms with Crippen LogP contribution in [0.5, 0.6) is 0 Å². The average Bonchev–Trinajstić information content (AvgIpc) is 2.79. The van der Waals surface area contributed by atoms with Crippen LogP contribution in [0.3, 0.4) is 0 Å². The number of benzene rings is 2. The molecule has 0 radical (unpaired) electrons. The van der Waals surface area contributed by atoms with E-state index < -0.39 is 6.04 Å². The van der Waals surface area contributed by atoms with Crippen LogP contribution in [0.2, 0.25) is 0 Å². The second-order valence-corrected chi connectivity index (χ2v) is 10.2. The summed E-state index contributed by atoms with van der Waals surface area (Å²) < 4.78 is 14.0.